The van der Waals surface area contributed by atoms with Gasteiger partial charge < -0.3 is 4.74 Å². The Morgan fingerprint density at radius 3 is 2.68 bits per heavy atom. The fraction of sp³-hybridized carbons (Fsp3) is 0.200. The number of hydrogen-bond donors (Lipinski definition) is 0. The summed E-state index contributed by atoms with van der Waals surface area (Å²) in [6, 6.07) is 13.4. The number of benzene rings is 1. The maximum Gasteiger partial charge on any atom is 0.316 e. The van der Waals surface area contributed by atoms with E-state index in [0.717, 1.165) is 21.2 Å². The number of aromatic nitrogens is 3. The Morgan fingerprint density at radius 1 is 1.14 bits per heavy atom. The lowest BCUT2D eigenvalue weighted by Crippen LogP contribution is -2.07. The minimum Gasteiger partial charge on any atom is -0.465 e. The Bertz CT molecular complexity index is 924. The van der Waals surface area contributed by atoms with Gasteiger partial charge in [0.2, 0.25) is 0 Å². The molecule has 3 aromatic rings. The van der Waals surface area contributed by atoms with Gasteiger partial charge in [0, 0.05) is 33.6 Å². The maximum absolute atomic E-state index is 11.7. The Hall–Kier alpha value is -2.09. The standard InChI is InChI=1S/C20H18ClN3O2S2/c1-2-26-19(25)13-28-18-10-16(12-27-17-7-5-15(21)6-8-17)23-20(24-18)14-4-3-9-22-11-14/h3-11H,2,12-13H2,1H3. The van der Waals surface area contributed by atoms with E-state index in [4.69, 9.17) is 16.3 Å². The molecule has 0 bridgehead atoms. The number of hydrogen-bond acceptors (Lipinski definition) is 7. The molecule has 0 radical (unpaired) electrons. The molecule has 144 valence electrons. The Labute approximate surface area is 177 Å². The number of halogens is 1. The van der Waals surface area contributed by atoms with E-state index in [1.165, 1.54) is 11.8 Å². The smallest absolute Gasteiger partial charge is 0.316 e. The number of ether oxygens (including phenoxy) is 1. The summed E-state index contributed by atoms with van der Waals surface area (Å²) in [5.41, 5.74) is 1.71. The molecule has 28 heavy (non-hydrogen) atoms. The first-order valence-corrected chi connectivity index (χ1v) is 10.9. The van der Waals surface area contributed by atoms with Crippen LogP contribution < -0.4 is 0 Å². The number of pyridine rings is 1. The number of rotatable bonds is 8. The summed E-state index contributed by atoms with van der Waals surface area (Å²) < 4.78 is 5.00. The third kappa shape index (κ3) is 6.22. The first kappa shape index (κ1) is 20.6. The normalized spacial score (nSPS) is 10.6. The van der Waals surface area contributed by atoms with Gasteiger partial charge in [-0.2, -0.15) is 0 Å². The van der Waals surface area contributed by atoms with Crippen molar-refractivity contribution in [2.75, 3.05) is 12.4 Å². The minimum absolute atomic E-state index is 0.209. The van der Waals surface area contributed by atoms with Crippen molar-refractivity contribution in [3.05, 3.63) is 65.6 Å². The third-order valence-corrected chi connectivity index (χ3v) is 5.70. The zero-order valence-electron chi connectivity index (χ0n) is 15.2. The lowest BCUT2D eigenvalue weighted by Gasteiger charge is -2.08. The van der Waals surface area contributed by atoms with Crippen LogP contribution >= 0.6 is 35.1 Å². The first-order valence-electron chi connectivity index (χ1n) is 8.59. The van der Waals surface area contributed by atoms with Gasteiger partial charge in [-0.15, -0.1) is 11.8 Å². The minimum atomic E-state index is -0.258. The zero-order chi connectivity index (χ0) is 19.8. The molecular weight excluding hydrogens is 414 g/mol. The van der Waals surface area contributed by atoms with Crippen LogP contribution in [0.3, 0.4) is 0 Å². The van der Waals surface area contributed by atoms with E-state index in [1.807, 2.05) is 42.5 Å². The van der Waals surface area contributed by atoms with E-state index >= 15 is 0 Å². The fourth-order valence-electron chi connectivity index (χ4n) is 2.27. The van der Waals surface area contributed by atoms with Gasteiger partial charge in [-0.25, -0.2) is 9.97 Å². The van der Waals surface area contributed by atoms with Crippen molar-refractivity contribution in [2.45, 2.75) is 22.6 Å². The number of carbonyl (C=O) groups is 1. The molecule has 0 amide bonds. The molecule has 2 heterocycles. The highest BCUT2D eigenvalue weighted by Crippen LogP contribution is 2.27. The zero-order valence-corrected chi connectivity index (χ0v) is 17.6. The monoisotopic (exact) mass is 431 g/mol. The van der Waals surface area contributed by atoms with E-state index in [-0.39, 0.29) is 11.7 Å². The predicted molar refractivity (Wildman–Crippen MR) is 114 cm³/mol. The van der Waals surface area contributed by atoms with E-state index in [9.17, 15) is 4.79 Å². The highest BCUT2D eigenvalue weighted by atomic mass is 35.5. The van der Waals surface area contributed by atoms with Gasteiger partial charge in [-0.3, -0.25) is 9.78 Å². The largest absolute Gasteiger partial charge is 0.465 e. The molecule has 0 aliphatic heterocycles. The van der Waals surface area contributed by atoms with Crippen LogP contribution in [0.5, 0.6) is 0 Å². The topological polar surface area (TPSA) is 65.0 Å². The van der Waals surface area contributed by atoms with E-state index in [2.05, 4.69) is 15.0 Å². The van der Waals surface area contributed by atoms with Crippen LogP contribution in [0.4, 0.5) is 0 Å². The first-order chi connectivity index (χ1) is 13.6. The SMILES string of the molecule is CCOC(=O)CSc1cc(CSc2ccc(Cl)cc2)nc(-c2cccnc2)n1. The van der Waals surface area contributed by atoms with Gasteiger partial charge in [-0.1, -0.05) is 23.4 Å². The summed E-state index contributed by atoms with van der Waals surface area (Å²) in [5.74, 6) is 1.21. The summed E-state index contributed by atoms with van der Waals surface area (Å²) >= 11 is 8.95. The molecule has 0 saturated carbocycles. The molecular formula is C20H18ClN3O2S2. The molecule has 0 saturated heterocycles. The Kier molecular flexibility index (Phi) is 7.71. The van der Waals surface area contributed by atoms with Gasteiger partial charge >= 0.3 is 5.97 Å². The highest BCUT2D eigenvalue weighted by Gasteiger charge is 2.11. The fourth-order valence-corrected chi connectivity index (χ4v) is 3.90. The lowest BCUT2D eigenvalue weighted by molar-refractivity contribution is -0.139. The van der Waals surface area contributed by atoms with Gasteiger partial charge in [0.1, 0.15) is 5.03 Å². The van der Waals surface area contributed by atoms with Gasteiger partial charge in [0.25, 0.3) is 0 Å². The molecule has 0 fully saturated rings. The molecule has 0 unspecified atom stereocenters. The summed E-state index contributed by atoms with van der Waals surface area (Å²) in [5, 5.41) is 1.44. The molecule has 1 aromatic carbocycles. The number of thioether (sulfide) groups is 2. The van der Waals surface area contributed by atoms with E-state index in [0.29, 0.717) is 23.2 Å². The van der Waals surface area contributed by atoms with Crippen LogP contribution in [-0.2, 0) is 15.3 Å². The Balaban J connectivity index is 1.79. The van der Waals surface area contributed by atoms with Crippen LogP contribution in [0, 0.1) is 0 Å². The van der Waals surface area contributed by atoms with Crippen LogP contribution in [-0.4, -0.2) is 33.3 Å². The molecule has 0 N–H and O–H groups in total. The molecule has 3 rings (SSSR count). The van der Waals surface area contributed by atoms with Gasteiger partial charge in [0.05, 0.1) is 18.1 Å². The molecule has 0 atom stereocenters. The van der Waals surface area contributed by atoms with Gasteiger partial charge in [0.15, 0.2) is 5.82 Å². The second-order valence-electron chi connectivity index (χ2n) is 5.60. The number of nitrogens with zero attached hydrogens (tertiary/aromatic N) is 3. The summed E-state index contributed by atoms with van der Waals surface area (Å²) in [6.07, 6.45) is 3.44. The van der Waals surface area contributed by atoms with Crippen molar-refractivity contribution in [1.82, 2.24) is 15.0 Å². The van der Waals surface area contributed by atoms with Crippen molar-refractivity contribution < 1.29 is 9.53 Å². The van der Waals surface area contributed by atoms with Crippen molar-refractivity contribution in [1.29, 1.82) is 0 Å². The summed E-state index contributed by atoms with van der Waals surface area (Å²) in [6.45, 7) is 2.16. The highest BCUT2D eigenvalue weighted by molar-refractivity contribution is 8.00. The second kappa shape index (κ2) is 10.5. The van der Waals surface area contributed by atoms with Crippen molar-refractivity contribution >= 4 is 41.1 Å². The van der Waals surface area contributed by atoms with Gasteiger partial charge in [-0.05, 0) is 49.4 Å². The van der Waals surface area contributed by atoms with E-state index in [1.54, 1.807) is 31.1 Å². The van der Waals surface area contributed by atoms with Crippen molar-refractivity contribution in [3.8, 4) is 11.4 Å². The average molecular weight is 432 g/mol. The van der Waals surface area contributed by atoms with Crippen LogP contribution in [0.1, 0.15) is 12.6 Å². The van der Waals surface area contributed by atoms with Crippen LogP contribution in [0.25, 0.3) is 11.4 Å². The molecule has 0 aliphatic rings. The number of carbonyl (C=O) groups excluding carboxylic acids is 1. The van der Waals surface area contributed by atoms with Crippen molar-refractivity contribution in [3.63, 3.8) is 0 Å². The van der Waals surface area contributed by atoms with E-state index < -0.39 is 0 Å². The summed E-state index contributed by atoms with van der Waals surface area (Å²) in [4.78, 5) is 26.2. The van der Waals surface area contributed by atoms with Crippen LogP contribution in [0.15, 0.2) is 64.8 Å². The average Bonchev–Trinajstić information content (AvgIpc) is 2.73. The van der Waals surface area contributed by atoms with Crippen LogP contribution in [0.2, 0.25) is 5.02 Å². The molecule has 0 aliphatic carbocycles. The quantitative estimate of drug-likeness (QED) is 0.278. The molecule has 8 heteroatoms. The number of esters is 1. The lowest BCUT2D eigenvalue weighted by atomic mass is 10.2. The predicted octanol–water partition coefficient (Wildman–Crippen LogP) is 5.14. The molecule has 0 spiro atoms. The second-order valence-corrected chi connectivity index (χ2v) is 8.08. The molecule has 5 nitrogen and oxygen atoms in total. The maximum atomic E-state index is 11.7. The third-order valence-electron chi connectivity index (χ3n) is 3.52. The molecule has 2 aromatic heterocycles. The Morgan fingerprint density at radius 2 is 1.96 bits per heavy atom. The van der Waals surface area contributed by atoms with Crippen molar-refractivity contribution in [2.24, 2.45) is 0 Å². The summed E-state index contributed by atoms with van der Waals surface area (Å²) in [7, 11) is 0.